The van der Waals surface area contributed by atoms with Crippen LogP contribution in [0.25, 0.3) is 0 Å². The van der Waals surface area contributed by atoms with Crippen LogP contribution >= 0.6 is 0 Å². The maximum Gasteiger partial charge on any atom is 0 e. The number of hydrogen-bond donors (Lipinski definition) is 0. The molecule has 0 aromatic rings. The fourth-order valence-electron chi connectivity index (χ4n) is 0. The van der Waals surface area contributed by atoms with E-state index in [0.717, 1.165) is 0 Å². The summed E-state index contributed by atoms with van der Waals surface area (Å²) in [6, 6.07) is 0. The molecule has 0 rings (SSSR count). The molecule has 0 amide bonds. The molecule has 36 valence electrons. The summed E-state index contributed by atoms with van der Waals surface area (Å²) < 4.78 is 0. The fraction of sp³-hybridized carbons (Fsp3) is 1.00. The Labute approximate surface area is 36.7 Å². The molecule has 0 nitrogen and oxygen atoms in total. The van der Waals surface area contributed by atoms with E-state index in [9.17, 15) is 0 Å². The van der Waals surface area contributed by atoms with Crippen LogP contribution in [0.15, 0.2) is 0 Å². The van der Waals surface area contributed by atoms with E-state index in [1.165, 1.54) is 6.42 Å². The lowest BCUT2D eigenvalue weighted by Gasteiger charge is -1.48. The Morgan fingerprint density at radius 3 is 1.20 bits per heavy atom. The third kappa shape index (κ3) is 0. The molecule has 0 unspecified atom stereocenters. The first-order valence-corrected chi connectivity index (χ1v) is 2.41. The van der Waals surface area contributed by atoms with Gasteiger partial charge in [-0.3, -0.25) is 0 Å². The topological polar surface area (TPSA) is 0 Å². The molecule has 0 aliphatic carbocycles. The average Bonchev–Trinajstić information content (AvgIpc) is 1.46. The Bertz CT molecular complexity index is 3.90. The van der Waals surface area contributed by atoms with Crippen LogP contribution in [-0.2, 0) is 0 Å². The summed E-state index contributed by atoms with van der Waals surface area (Å²) in [5.41, 5.74) is 0. The van der Waals surface area contributed by atoms with Gasteiger partial charge in [-0.1, -0.05) is 34.1 Å². The predicted octanol–water partition coefficient (Wildman–Crippen LogP) is 2.69. The minimum Gasteiger partial charge on any atom is -0.0683 e. The second-order valence-corrected chi connectivity index (χ2v) is 0.707. The van der Waals surface area contributed by atoms with E-state index in [-0.39, 0.29) is 1.43 Å². The lowest BCUT2D eigenvalue weighted by atomic mass is 10.6. The van der Waals surface area contributed by atoms with E-state index in [2.05, 4.69) is 13.8 Å². The third-order valence-corrected chi connectivity index (χ3v) is 0. The summed E-state index contributed by atoms with van der Waals surface area (Å²) in [5.74, 6) is 0. The van der Waals surface area contributed by atoms with E-state index in [0.29, 0.717) is 0 Å². The second-order valence-electron chi connectivity index (χ2n) is 0.707. The van der Waals surface area contributed by atoms with Crippen LogP contribution in [0.4, 0.5) is 0 Å². The molecule has 0 spiro atoms. The Morgan fingerprint density at radius 2 is 1.20 bits per heavy atom. The van der Waals surface area contributed by atoms with E-state index in [1.54, 1.807) is 0 Å². The minimum absolute atomic E-state index is 0. The van der Waals surface area contributed by atoms with Crippen LogP contribution in [0.3, 0.4) is 0 Å². The van der Waals surface area contributed by atoms with Crippen molar-refractivity contribution in [3.8, 4) is 0 Å². The molecule has 0 fully saturated rings. The first-order valence-electron chi connectivity index (χ1n) is 2.41. The molecule has 0 saturated carbocycles. The van der Waals surface area contributed by atoms with Crippen LogP contribution < -0.4 is 0 Å². The van der Waals surface area contributed by atoms with Crippen LogP contribution in [-0.4, -0.2) is 0 Å². The SMILES string of the molecule is CC.CCC.[3HH]. The van der Waals surface area contributed by atoms with E-state index in [4.69, 9.17) is 0 Å². The standard InChI is InChI=1S/C3H8.C2H6.H2/c1-3-2;1-2;/h3H2,1-2H3;1-2H3;1H/i;;1+2. The molecule has 0 atom stereocenters. The summed E-state index contributed by atoms with van der Waals surface area (Å²) in [6.45, 7) is 8.25. The van der Waals surface area contributed by atoms with E-state index >= 15 is 0 Å². The maximum absolute atomic E-state index is 2.12. The highest BCUT2D eigenvalue weighted by Gasteiger charge is 1.35. The molecular weight excluding hydrogens is 60.1 g/mol. The van der Waals surface area contributed by atoms with Gasteiger partial charge in [0.1, 0.15) is 0 Å². The van der Waals surface area contributed by atoms with E-state index < -0.39 is 0 Å². The zero-order valence-corrected chi connectivity index (χ0v) is 4.71. The van der Waals surface area contributed by atoms with Gasteiger partial charge in [0.05, 0.1) is 0 Å². The Kier molecular flexibility index (Phi) is 64.0. The van der Waals surface area contributed by atoms with Crippen molar-refractivity contribution in [3.05, 3.63) is 0 Å². The first kappa shape index (κ1) is 8.89. The van der Waals surface area contributed by atoms with Crippen molar-refractivity contribution >= 4 is 0 Å². The molecule has 0 N–H and O–H groups in total. The molecule has 0 heterocycles. The Morgan fingerprint density at radius 1 is 1.20 bits per heavy atom. The second kappa shape index (κ2) is 36.0. The number of hydrogen-bond acceptors (Lipinski definition) is 0. The molecule has 0 aromatic carbocycles. The molecule has 0 aliphatic heterocycles. The molecule has 0 heteroatoms. The van der Waals surface area contributed by atoms with Gasteiger partial charge in [-0.2, -0.15) is 0 Å². The van der Waals surface area contributed by atoms with Gasteiger partial charge in [0.25, 0.3) is 0 Å². The van der Waals surface area contributed by atoms with Gasteiger partial charge < -0.3 is 0 Å². The quantitative estimate of drug-likeness (QED) is 0.418. The van der Waals surface area contributed by atoms with Crippen molar-refractivity contribution in [1.82, 2.24) is 0 Å². The average molecular weight is 78.2 g/mol. The predicted molar refractivity (Wildman–Crippen MR) is 29.4 cm³/mol. The van der Waals surface area contributed by atoms with Crippen molar-refractivity contribution < 1.29 is 1.43 Å². The normalized spacial score (nSPS) is 4.80. The first-order chi connectivity index (χ1) is 2.41. The van der Waals surface area contributed by atoms with Gasteiger partial charge in [0, 0.05) is 1.43 Å². The maximum atomic E-state index is 2.12. The smallest absolute Gasteiger partial charge is 0 e. The third-order valence-electron chi connectivity index (χ3n) is 0. The van der Waals surface area contributed by atoms with Crippen LogP contribution in [0.1, 0.15) is 35.5 Å². The summed E-state index contributed by atoms with van der Waals surface area (Å²) >= 11 is 0. The summed E-state index contributed by atoms with van der Waals surface area (Å²) in [4.78, 5) is 0. The highest BCUT2D eigenvalue weighted by Crippen LogP contribution is 1.56. The van der Waals surface area contributed by atoms with Gasteiger partial charge in [-0.25, -0.2) is 0 Å². The van der Waals surface area contributed by atoms with Gasteiger partial charge >= 0.3 is 0 Å². The van der Waals surface area contributed by atoms with Crippen molar-refractivity contribution in [3.63, 3.8) is 0 Å². The summed E-state index contributed by atoms with van der Waals surface area (Å²) in [5, 5.41) is 0. The van der Waals surface area contributed by atoms with Gasteiger partial charge in [-0.15, -0.1) is 0 Å². The molecule has 0 aromatic heterocycles. The summed E-state index contributed by atoms with van der Waals surface area (Å²) in [7, 11) is 0. The molecule has 0 bridgehead atoms. The molecular formula is C5H16. The lowest BCUT2D eigenvalue weighted by Crippen LogP contribution is -1.27. The van der Waals surface area contributed by atoms with Gasteiger partial charge in [0.15, 0.2) is 0 Å². The van der Waals surface area contributed by atoms with Crippen LogP contribution in [0, 0.1) is 0 Å². The van der Waals surface area contributed by atoms with Crippen molar-refractivity contribution in [2.24, 2.45) is 0 Å². The Balaban J connectivity index is -0.0000000275. The molecule has 0 radical (unpaired) electrons. The molecule has 0 saturated heterocycles. The molecule has 5 heavy (non-hydrogen) atoms. The van der Waals surface area contributed by atoms with Crippen molar-refractivity contribution in [1.29, 1.82) is 0 Å². The zero-order valence-electron chi connectivity index (χ0n) is 4.71. The minimum atomic E-state index is 0. The fourth-order valence-corrected chi connectivity index (χ4v) is 0. The van der Waals surface area contributed by atoms with Crippen LogP contribution in [0.2, 0.25) is 0 Å². The van der Waals surface area contributed by atoms with Crippen molar-refractivity contribution in [2.75, 3.05) is 0 Å². The summed E-state index contributed by atoms with van der Waals surface area (Å²) in [6.07, 6.45) is 1.25. The zero-order chi connectivity index (χ0) is 4.71. The monoisotopic (exact) mass is 78.1 g/mol. The lowest BCUT2D eigenvalue weighted by molar-refractivity contribution is 1.09. The van der Waals surface area contributed by atoms with Gasteiger partial charge in [-0.05, 0) is 0 Å². The van der Waals surface area contributed by atoms with Crippen LogP contribution in [0.5, 0.6) is 0 Å². The molecule has 0 aliphatic rings. The van der Waals surface area contributed by atoms with Crippen molar-refractivity contribution in [2.45, 2.75) is 34.1 Å². The largest absolute Gasteiger partial charge is 0.0683 e. The Hall–Kier alpha value is 0. The van der Waals surface area contributed by atoms with Gasteiger partial charge in [0.2, 0.25) is 0 Å². The number of rotatable bonds is 0. The highest BCUT2D eigenvalue weighted by atomic mass is 13.4. The highest BCUT2D eigenvalue weighted by molar-refractivity contribution is 3.92. The van der Waals surface area contributed by atoms with E-state index in [1.807, 2.05) is 13.8 Å².